The molecular weight excluding hydrogens is 220 g/mol. The quantitative estimate of drug-likeness (QED) is 0.626. The van der Waals surface area contributed by atoms with Crippen LogP contribution in [0.4, 0.5) is 0 Å². The second-order valence-electron chi connectivity index (χ2n) is 3.22. The van der Waals surface area contributed by atoms with Gasteiger partial charge in [-0.1, -0.05) is 0 Å². The summed E-state index contributed by atoms with van der Waals surface area (Å²) in [5, 5.41) is 0. The highest BCUT2D eigenvalue weighted by atomic mass is 35.5. The highest BCUT2D eigenvalue weighted by Crippen LogP contribution is 2.02. The third kappa shape index (κ3) is 1.21. The number of hydrogen-bond acceptors (Lipinski definition) is 3. The maximum Gasteiger partial charge on any atom is 0.333 e. The van der Waals surface area contributed by atoms with E-state index >= 15 is 0 Å². The van der Waals surface area contributed by atoms with E-state index in [2.05, 4.69) is 4.98 Å². The number of alkyl halides is 1. The number of rotatable bonds is 1. The molecule has 0 amide bonds. The van der Waals surface area contributed by atoms with Crippen LogP contribution < -0.4 is 11.2 Å². The number of hydrogen-bond donors (Lipinski definition) is 0. The Morgan fingerprint density at radius 1 is 1.40 bits per heavy atom. The van der Waals surface area contributed by atoms with Crippen LogP contribution in [0.25, 0.3) is 11.2 Å². The molecule has 15 heavy (non-hydrogen) atoms. The lowest BCUT2D eigenvalue weighted by molar-refractivity contribution is 0.692. The van der Waals surface area contributed by atoms with Gasteiger partial charge in [0.25, 0.3) is 5.56 Å². The van der Waals surface area contributed by atoms with Crippen molar-refractivity contribution in [2.24, 2.45) is 14.1 Å². The zero-order chi connectivity index (χ0) is 11.2. The van der Waals surface area contributed by atoms with Crippen molar-refractivity contribution in [3.63, 3.8) is 0 Å². The van der Waals surface area contributed by atoms with Gasteiger partial charge in [-0.3, -0.25) is 9.36 Å². The van der Waals surface area contributed by atoms with Crippen LogP contribution in [0.1, 0.15) is 0 Å². The average molecular weight is 229 g/mol. The van der Waals surface area contributed by atoms with Crippen molar-refractivity contribution < 1.29 is 0 Å². The molecule has 0 fully saturated rings. The molecule has 0 saturated heterocycles. The second-order valence-corrected chi connectivity index (χ2v) is 3.46. The fraction of sp³-hybridized carbons (Fsp3) is 0.375. The molecule has 80 valence electrons. The Bertz CT molecular complexity index is 636. The summed E-state index contributed by atoms with van der Waals surface area (Å²) in [7, 11) is 3.25. The van der Waals surface area contributed by atoms with E-state index in [0.29, 0.717) is 11.2 Å². The molecule has 6 nitrogen and oxygen atoms in total. The van der Waals surface area contributed by atoms with E-state index in [-0.39, 0.29) is 6.00 Å². The predicted octanol–water partition coefficient (Wildman–Crippen LogP) is -0.370. The molecule has 0 bridgehead atoms. The van der Waals surface area contributed by atoms with Gasteiger partial charge in [0.1, 0.15) is 6.00 Å². The average Bonchev–Trinajstić information content (AvgIpc) is 2.58. The van der Waals surface area contributed by atoms with Gasteiger partial charge >= 0.3 is 5.69 Å². The van der Waals surface area contributed by atoms with E-state index in [9.17, 15) is 9.59 Å². The standard InChI is InChI=1S/C8H9ClN4O2/c1-11-4-10-6-5(11)7(14)13(3-9)8(15)12(6)2/h4H,3H2,1-2H3. The van der Waals surface area contributed by atoms with Crippen molar-refractivity contribution in [1.29, 1.82) is 0 Å². The Hall–Kier alpha value is -1.56. The summed E-state index contributed by atoms with van der Waals surface area (Å²) in [6.45, 7) is 0. The van der Waals surface area contributed by atoms with Gasteiger partial charge in [0.15, 0.2) is 11.2 Å². The summed E-state index contributed by atoms with van der Waals surface area (Å²) in [5.74, 6) is 0. The van der Waals surface area contributed by atoms with Crippen LogP contribution in [-0.2, 0) is 20.1 Å². The topological polar surface area (TPSA) is 61.8 Å². The predicted molar refractivity (Wildman–Crippen MR) is 56.1 cm³/mol. The number of fused-ring (bicyclic) bond motifs is 1. The first-order valence-corrected chi connectivity index (χ1v) is 4.78. The van der Waals surface area contributed by atoms with Gasteiger partial charge < -0.3 is 4.57 Å². The molecule has 2 heterocycles. The summed E-state index contributed by atoms with van der Waals surface area (Å²) in [5.41, 5.74) is -0.129. The minimum absolute atomic E-state index is 0.160. The lowest BCUT2D eigenvalue weighted by Gasteiger charge is -2.04. The maximum atomic E-state index is 11.8. The molecule has 7 heteroatoms. The van der Waals surface area contributed by atoms with Gasteiger partial charge in [-0.25, -0.2) is 14.3 Å². The minimum Gasteiger partial charge on any atom is -0.328 e. The molecule has 0 N–H and O–H groups in total. The normalized spacial score (nSPS) is 11.1. The molecule has 0 aliphatic heterocycles. The van der Waals surface area contributed by atoms with E-state index in [1.54, 1.807) is 18.7 Å². The molecule has 2 aromatic rings. The largest absolute Gasteiger partial charge is 0.333 e. The van der Waals surface area contributed by atoms with Crippen LogP contribution in [0.3, 0.4) is 0 Å². The van der Waals surface area contributed by atoms with Crippen molar-refractivity contribution in [3.8, 4) is 0 Å². The number of aromatic nitrogens is 4. The first-order chi connectivity index (χ1) is 7.07. The number of halogens is 1. The van der Waals surface area contributed by atoms with Crippen LogP contribution in [0.15, 0.2) is 15.9 Å². The first kappa shape index (κ1) is 9.97. The van der Waals surface area contributed by atoms with Crippen molar-refractivity contribution in [2.45, 2.75) is 6.00 Å². The zero-order valence-corrected chi connectivity index (χ0v) is 9.02. The molecule has 0 spiro atoms. The summed E-state index contributed by atoms with van der Waals surface area (Å²) in [6.07, 6.45) is 1.49. The SMILES string of the molecule is Cn1cnc2c1c(=O)n(CCl)c(=O)n2C. The molecule has 0 atom stereocenters. The Kier molecular flexibility index (Phi) is 2.15. The Balaban J connectivity index is 3.13. The summed E-state index contributed by atoms with van der Waals surface area (Å²) in [4.78, 5) is 27.4. The molecule has 0 aromatic carbocycles. The van der Waals surface area contributed by atoms with Crippen LogP contribution in [0, 0.1) is 0 Å². The van der Waals surface area contributed by atoms with E-state index < -0.39 is 11.2 Å². The fourth-order valence-corrected chi connectivity index (χ4v) is 1.71. The Morgan fingerprint density at radius 3 is 2.67 bits per heavy atom. The number of imidazole rings is 1. The highest BCUT2D eigenvalue weighted by Gasteiger charge is 2.13. The minimum atomic E-state index is -0.457. The van der Waals surface area contributed by atoms with Crippen molar-refractivity contribution in [2.75, 3.05) is 0 Å². The zero-order valence-electron chi connectivity index (χ0n) is 8.27. The Labute approximate surface area is 89.3 Å². The van der Waals surface area contributed by atoms with Crippen LogP contribution in [0.2, 0.25) is 0 Å². The smallest absolute Gasteiger partial charge is 0.328 e. The van der Waals surface area contributed by atoms with E-state index in [1.165, 1.54) is 10.9 Å². The third-order valence-electron chi connectivity index (χ3n) is 2.32. The molecule has 2 rings (SSSR count). The molecule has 0 radical (unpaired) electrons. The second kappa shape index (κ2) is 3.23. The van der Waals surface area contributed by atoms with Crippen molar-refractivity contribution in [3.05, 3.63) is 27.2 Å². The lowest BCUT2D eigenvalue weighted by atomic mass is 10.5. The summed E-state index contributed by atoms with van der Waals surface area (Å²) < 4.78 is 3.84. The van der Waals surface area contributed by atoms with Crippen LogP contribution in [0.5, 0.6) is 0 Å². The third-order valence-corrected chi connectivity index (χ3v) is 2.56. The van der Waals surface area contributed by atoms with Crippen molar-refractivity contribution >= 4 is 22.8 Å². The molecule has 0 saturated carbocycles. The van der Waals surface area contributed by atoms with Gasteiger partial charge in [0.05, 0.1) is 6.33 Å². The van der Waals surface area contributed by atoms with Crippen molar-refractivity contribution in [1.82, 2.24) is 18.7 Å². The van der Waals surface area contributed by atoms with Crippen LogP contribution >= 0.6 is 11.6 Å². The highest BCUT2D eigenvalue weighted by molar-refractivity contribution is 6.15. The van der Waals surface area contributed by atoms with Gasteiger partial charge in [-0.2, -0.15) is 0 Å². The monoisotopic (exact) mass is 228 g/mol. The van der Waals surface area contributed by atoms with Gasteiger partial charge in [-0.15, -0.1) is 11.6 Å². The molecule has 0 aliphatic carbocycles. The van der Waals surface area contributed by atoms with E-state index in [4.69, 9.17) is 11.6 Å². The number of nitrogens with zero attached hydrogens (tertiary/aromatic N) is 4. The first-order valence-electron chi connectivity index (χ1n) is 4.24. The lowest BCUT2D eigenvalue weighted by Crippen LogP contribution is -2.38. The van der Waals surface area contributed by atoms with Gasteiger partial charge in [0, 0.05) is 14.1 Å². The molecule has 0 unspecified atom stereocenters. The van der Waals surface area contributed by atoms with E-state index in [0.717, 1.165) is 4.57 Å². The van der Waals surface area contributed by atoms with Gasteiger partial charge in [-0.05, 0) is 0 Å². The molecule has 0 aliphatic rings. The summed E-state index contributed by atoms with van der Waals surface area (Å²) in [6, 6.07) is -0.160. The molecule has 2 aromatic heterocycles. The van der Waals surface area contributed by atoms with Crippen LogP contribution in [-0.4, -0.2) is 18.7 Å². The summed E-state index contributed by atoms with van der Waals surface area (Å²) >= 11 is 5.55. The van der Waals surface area contributed by atoms with Gasteiger partial charge in [0.2, 0.25) is 0 Å². The van der Waals surface area contributed by atoms with E-state index in [1.807, 2.05) is 0 Å². The number of aryl methyl sites for hydroxylation is 2. The fourth-order valence-electron chi connectivity index (χ4n) is 1.50. The molecular formula is C8H9ClN4O2. The maximum absolute atomic E-state index is 11.8. The Morgan fingerprint density at radius 2 is 2.07 bits per heavy atom.